The molecule has 0 heterocycles. The molecule has 1 aliphatic carbocycles. The number of fused-ring (bicyclic) bond motifs is 3. The minimum Gasteiger partial charge on any atom is -0.0622 e. The molecule has 4 aromatic carbocycles. The number of hydrogen-bond donors (Lipinski definition) is 0. The monoisotopic (exact) mass is 396 g/mol. The predicted octanol–water partition coefficient (Wildman–Crippen LogP) is 7.28. The Labute approximate surface area is 162 Å². The molecule has 26 heavy (non-hydrogen) atoms. The summed E-state index contributed by atoms with van der Waals surface area (Å²) in [7, 11) is 0. The van der Waals surface area contributed by atoms with Gasteiger partial charge in [0.25, 0.3) is 0 Å². The maximum atomic E-state index is 3.62. The highest BCUT2D eigenvalue weighted by atomic mass is 79.9. The third kappa shape index (κ3) is 2.43. The van der Waals surface area contributed by atoms with Crippen LogP contribution >= 0.6 is 15.9 Å². The Morgan fingerprint density at radius 1 is 0.577 bits per heavy atom. The van der Waals surface area contributed by atoms with E-state index in [-0.39, 0.29) is 0 Å². The summed E-state index contributed by atoms with van der Waals surface area (Å²) in [5.41, 5.74) is 9.42. The molecule has 0 radical (unpaired) electrons. The molecule has 4 aromatic rings. The molecule has 0 saturated carbocycles. The molecule has 0 saturated heterocycles. The first kappa shape index (κ1) is 15.6. The summed E-state index contributed by atoms with van der Waals surface area (Å²) in [6.45, 7) is 0. The van der Waals surface area contributed by atoms with Crippen molar-refractivity contribution in [3.8, 4) is 22.3 Å². The Balaban J connectivity index is 1.81. The van der Waals surface area contributed by atoms with Crippen molar-refractivity contribution in [3.63, 3.8) is 0 Å². The van der Waals surface area contributed by atoms with E-state index < -0.39 is 0 Å². The van der Waals surface area contributed by atoms with E-state index in [4.69, 9.17) is 0 Å². The van der Waals surface area contributed by atoms with E-state index in [1.54, 1.807) is 0 Å². The fraction of sp³-hybridized carbons (Fsp3) is 0.0400. The van der Waals surface area contributed by atoms with E-state index in [0.29, 0.717) is 5.92 Å². The summed E-state index contributed by atoms with van der Waals surface area (Å²) in [4.78, 5) is 0. The van der Waals surface area contributed by atoms with Gasteiger partial charge in [-0.3, -0.25) is 0 Å². The van der Waals surface area contributed by atoms with Gasteiger partial charge in [0.15, 0.2) is 0 Å². The van der Waals surface area contributed by atoms with Crippen molar-refractivity contribution in [2.24, 2.45) is 0 Å². The maximum Gasteiger partial charge on any atom is 0.0352 e. The van der Waals surface area contributed by atoms with Crippen LogP contribution in [-0.4, -0.2) is 0 Å². The molecule has 1 heteroatoms. The Kier molecular flexibility index (Phi) is 3.76. The van der Waals surface area contributed by atoms with Crippen molar-refractivity contribution >= 4 is 15.9 Å². The Morgan fingerprint density at radius 2 is 1.27 bits per heavy atom. The first-order valence-corrected chi connectivity index (χ1v) is 9.65. The van der Waals surface area contributed by atoms with Gasteiger partial charge in [0.2, 0.25) is 0 Å². The van der Waals surface area contributed by atoms with Gasteiger partial charge in [-0.15, -0.1) is 0 Å². The molecule has 1 atom stereocenters. The first-order valence-electron chi connectivity index (χ1n) is 8.86. The highest BCUT2D eigenvalue weighted by molar-refractivity contribution is 9.10. The van der Waals surface area contributed by atoms with E-state index in [1.807, 2.05) is 0 Å². The van der Waals surface area contributed by atoms with Crippen molar-refractivity contribution < 1.29 is 0 Å². The topological polar surface area (TPSA) is 0 Å². The van der Waals surface area contributed by atoms with Gasteiger partial charge in [0, 0.05) is 10.4 Å². The quantitative estimate of drug-likeness (QED) is 0.294. The van der Waals surface area contributed by atoms with Crippen LogP contribution in [0.3, 0.4) is 0 Å². The summed E-state index contributed by atoms with van der Waals surface area (Å²) in [6.07, 6.45) is 0. The van der Waals surface area contributed by atoms with Gasteiger partial charge in [-0.25, -0.2) is 0 Å². The van der Waals surface area contributed by atoms with Gasteiger partial charge in [-0.2, -0.15) is 0 Å². The van der Waals surface area contributed by atoms with Crippen LogP contribution in [-0.2, 0) is 0 Å². The minimum absolute atomic E-state index is 0.300. The zero-order valence-electron chi connectivity index (χ0n) is 14.2. The summed E-state index contributed by atoms with van der Waals surface area (Å²) < 4.78 is 1.11. The SMILES string of the molecule is Brc1cccc(-c2cccc3c2-c2ccccc2C3c2ccccc2)c1. The zero-order valence-corrected chi connectivity index (χ0v) is 15.8. The predicted molar refractivity (Wildman–Crippen MR) is 112 cm³/mol. The molecule has 0 bridgehead atoms. The second-order valence-electron chi connectivity index (χ2n) is 6.71. The van der Waals surface area contributed by atoms with Gasteiger partial charge < -0.3 is 0 Å². The third-order valence-corrected chi connectivity index (χ3v) is 5.71. The van der Waals surface area contributed by atoms with Crippen LogP contribution in [0.1, 0.15) is 22.6 Å². The van der Waals surface area contributed by atoms with Crippen molar-refractivity contribution in [2.45, 2.75) is 5.92 Å². The lowest BCUT2D eigenvalue weighted by Gasteiger charge is -2.15. The molecule has 0 nitrogen and oxygen atoms in total. The van der Waals surface area contributed by atoms with Crippen LogP contribution in [0.25, 0.3) is 22.3 Å². The van der Waals surface area contributed by atoms with Gasteiger partial charge in [-0.05, 0) is 51.1 Å². The molecule has 0 fully saturated rings. The Hall–Kier alpha value is -2.64. The van der Waals surface area contributed by atoms with Crippen LogP contribution in [0.2, 0.25) is 0 Å². The van der Waals surface area contributed by atoms with Gasteiger partial charge in [-0.1, -0.05) is 101 Å². The van der Waals surface area contributed by atoms with Gasteiger partial charge in [0.05, 0.1) is 0 Å². The van der Waals surface area contributed by atoms with Crippen LogP contribution in [0, 0.1) is 0 Å². The molecule has 1 aliphatic rings. The summed E-state index contributed by atoms with van der Waals surface area (Å²) >= 11 is 3.62. The van der Waals surface area contributed by atoms with E-state index in [9.17, 15) is 0 Å². The maximum absolute atomic E-state index is 3.62. The number of hydrogen-bond acceptors (Lipinski definition) is 0. The van der Waals surface area contributed by atoms with E-state index in [0.717, 1.165) is 4.47 Å². The fourth-order valence-electron chi connectivity index (χ4n) is 4.16. The highest BCUT2D eigenvalue weighted by Crippen LogP contribution is 2.51. The summed E-state index contributed by atoms with van der Waals surface area (Å²) in [6, 6.07) is 35.0. The first-order chi connectivity index (χ1) is 12.8. The lowest BCUT2D eigenvalue weighted by molar-refractivity contribution is 1.02. The van der Waals surface area contributed by atoms with Crippen molar-refractivity contribution in [1.29, 1.82) is 0 Å². The largest absolute Gasteiger partial charge is 0.0622 e. The van der Waals surface area contributed by atoms with Crippen LogP contribution in [0.5, 0.6) is 0 Å². The van der Waals surface area contributed by atoms with Gasteiger partial charge in [0.1, 0.15) is 0 Å². The summed E-state index contributed by atoms with van der Waals surface area (Å²) in [5.74, 6) is 0.300. The van der Waals surface area contributed by atoms with E-state index >= 15 is 0 Å². The Morgan fingerprint density at radius 3 is 2.12 bits per heavy atom. The van der Waals surface area contributed by atoms with Crippen LogP contribution in [0.4, 0.5) is 0 Å². The average molecular weight is 397 g/mol. The minimum atomic E-state index is 0.300. The molecule has 5 rings (SSSR count). The van der Waals surface area contributed by atoms with Crippen molar-refractivity contribution in [2.75, 3.05) is 0 Å². The van der Waals surface area contributed by atoms with Crippen LogP contribution in [0.15, 0.2) is 102 Å². The second-order valence-corrected chi connectivity index (χ2v) is 7.63. The third-order valence-electron chi connectivity index (χ3n) is 5.22. The molecule has 124 valence electrons. The highest BCUT2D eigenvalue weighted by Gasteiger charge is 2.31. The van der Waals surface area contributed by atoms with Crippen LogP contribution < -0.4 is 0 Å². The zero-order chi connectivity index (χ0) is 17.5. The summed E-state index contributed by atoms with van der Waals surface area (Å²) in [5, 5.41) is 0. The molecule has 0 aromatic heterocycles. The fourth-order valence-corrected chi connectivity index (χ4v) is 4.56. The normalized spacial score (nSPS) is 14.7. The molecule has 0 spiro atoms. The average Bonchev–Trinajstić information content (AvgIpc) is 3.03. The molecule has 0 amide bonds. The van der Waals surface area contributed by atoms with E-state index in [1.165, 1.54) is 38.9 Å². The molecule has 0 N–H and O–H groups in total. The van der Waals surface area contributed by atoms with E-state index in [2.05, 4.69) is 113 Å². The smallest absolute Gasteiger partial charge is 0.0352 e. The molecular weight excluding hydrogens is 380 g/mol. The van der Waals surface area contributed by atoms with Crippen molar-refractivity contribution in [1.82, 2.24) is 0 Å². The molecular formula is C25H17Br. The standard InChI is InChI=1S/C25H17Br/c26-19-11-6-10-18(16-19)20-14-7-15-23-24(17-8-2-1-3-9-17)21-12-4-5-13-22(21)25(20)23/h1-16,24H. The lowest BCUT2D eigenvalue weighted by atomic mass is 9.88. The number of halogens is 1. The second kappa shape index (κ2) is 6.26. The number of benzene rings is 4. The van der Waals surface area contributed by atoms with Gasteiger partial charge >= 0.3 is 0 Å². The molecule has 1 unspecified atom stereocenters. The lowest BCUT2D eigenvalue weighted by Crippen LogP contribution is -1.98. The number of rotatable bonds is 2. The van der Waals surface area contributed by atoms with Crippen molar-refractivity contribution in [3.05, 3.63) is 118 Å². The Bertz CT molecular complexity index is 1100. The molecule has 0 aliphatic heterocycles.